The van der Waals surface area contributed by atoms with Gasteiger partial charge in [0.15, 0.2) is 0 Å². The SMILES string of the molecule is CC(C)c1cc(=S)nc(Cc2cccc(C(F)(F)F)c2)[nH]1. The number of H-pyrrole nitrogens is 1. The Morgan fingerprint density at radius 2 is 1.95 bits per heavy atom. The third kappa shape index (κ3) is 4.14. The second-order valence-electron chi connectivity index (χ2n) is 5.15. The summed E-state index contributed by atoms with van der Waals surface area (Å²) in [5.74, 6) is 0.820. The maximum atomic E-state index is 12.7. The molecule has 1 aromatic carbocycles. The van der Waals surface area contributed by atoms with Crippen molar-refractivity contribution in [2.45, 2.75) is 32.4 Å². The van der Waals surface area contributed by atoms with E-state index in [2.05, 4.69) is 9.97 Å². The molecule has 0 saturated carbocycles. The highest BCUT2D eigenvalue weighted by Crippen LogP contribution is 2.29. The summed E-state index contributed by atoms with van der Waals surface area (Å²) in [6.07, 6.45) is -4.05. The summed E-state index contributed by atoms with van der Waals surface area (Å²) in [6, 6.07) is 7.02. The number of hydrogen-bond donors (Lipinski definition) is 1. The highest BCUT2D eigenvalue weighted by molar-refractivity contribution is 7.71. The zero-order valence-corrected chi connectivity index (χ0v) is 12.5. The van der Waals surface area contributed by atoms with Crippen LogP contribution in [0.3, 0.4) is 0 Å². The highest BCUT2D eigenvalue weighted by Gasteiger charge is 2.30. The van der Waals surface area contributed by atoms with Crippen molar-refractivity contribution < 1.29 is 13.2 Å². The standard InChI is InChI=1S/C15H15F3N2S/c1-9(2)12-8-14(21)20-13(19-12)7-10-4-3-5-11(6-10)15(16,17)18/h3-6,8-9H,7H2,1-2H3,(H,19,20,21). The molecule has 0 saturated heterocycles. The van der Waals surface area contributed by atoms with Gasteiger partial charge in [-0.05, 0) is 23.6 Å². The summed E-state index contributed by atoms with van der Waals surface area (Å²) in [7, 11) is 0. The van der Waals surface area contributed by atoms with E-state index in [1.54, 1.807) is 12.1 Å². The Morgan fingerprint density at radius 3 is 2.57 bits per heavy atom. The molecule has 0 spiro atoms. The van der Waals surface area contributed by atoms with Gasteiger partial charge in [-0.3, -0.25) is 0 Å². The number of benzene rings is 1. The predicted molar refractivity (Wildman–Crippen MR) is 77.8 cm³/mol. The van der Waals surface area contributed by atoms with Gasteiger partial charge in [0.2, 0.25) is 0 Å². The smallest absolute Gasteiger partial charge is 0.347 e. The number of alkyl halides is 3. The van der Waals surface area contributed by atoms with Crippen molar-refractivity contribution in [1.29, 1.82) is 0 Å². The number of halogens is 3. The third-order valence-corrected chi connectivity index (χ3v) is 3.27. The number of aromatic amines is 1. The van der Waals surface area contributed by atoms with Gasteiger partial charge in [0.05, 0.1) is 5.56 Å². The van der Waals surface area contributed by atoms with Crippen molar-refractivity contribution in [3.05, 3.63) is 57.6 Å². The molecule has 0 amide bonds. The molecular formula is C15H15F3N2S. The minimum absolute atomic E-state index is 0.245. The normalized spacial score (nSPS) is 11.9. The van der Waals surface area contributed by atoms with E-state index < -0.39 is 11.7 Å². The Kier molecular flexibility index (Phi) is 4.46. The number of aromatic nitrogens is 2. The minimum atomic E-state index is -4.34. The fourth-order valence-electron chi connectivity index (χ4n) is 1.97. The molecule has 0 radical (unpaired) electrons. The monoisotopic (exact) mass is 312 g/mol. The average molecular weight is 312 g/mol. The molecule has 0 unspecified atom stereocenters. The Balaban J connectivity index is 2.32. The molecular weight excluding hydrogens is 297 g/mol. The average Bonchev–Trinajstić information content (AvgIpc) is 2.37. The first-order valence-corrected chi connectivity index (χ1v) is 6.93. The lowest BCUT2D eigenvalue weighted by molar-refractivity contribution is -0.137. The molecule has 0 aliphatic rings. The van der Waals surface area contributed by atoms with E-state index in [1.807, 2.05) is 13.8 Å². The van der Waals surface area contributed by atoms with Gasteiger partial charge >= 0.3 is 6.18 Å². The highest BCUT2D eigenvalue weighted by atomic mass is 32.1. The Bertz CT molecular complexity index is 690. The molecule has 1 heterocycles. The predicted octanol–water partition coefficient (Wildman–Crippen LogP) is 4.87. The molecule has 0 aliphatic heterocycles. The van der Waals surface area contributed by atoms with Gasteiger partial charge in [-0.2, -0.15) is 13.2 Å². The van der Waals surface area contributed by atoms with Crippen molar-refractivity contribution in [2.24, 2.45) is 0 Å². The van der Waals surface area contributed by atoms with E-state index >= 15 is 0 Å². The van der Waals surface area contributed by atoms with Gasteiger partial charge < -0.3 is 4.98 Å². The maximum Gasteiger partial charge on any atom is 0.416 e. The summed E-state index contributed by atoms with van der Waals surface area (Å²) in [5.41, 5.74) is 0.819. The lowest BCUT2D eigenvalue weighted by atomic mass is 10.1. The molecule has 0 aliphatic carbocycles. The van der Waals surface area contributed by atoms with Crippen LogP contribution in [0.5, 0.6) is 0 Å². The molecule has 6 heteroatoms. The zero-order chi connectivity index (χ0) is 15.6. The number of nitrogens with zero attached hydrogens (tertiary/aromatic N) is 1. The molecule has 1 N–H and O–H groups in total. The first-order valence-electron chi connectivity index (χ1n) is 6.52. The van der Waals surface area contributed by atoms with Crippen LogP contribution in [-0.4, -0.2) is 9.97 Å². The Labute approximate surface area is 126 Å². The van der Waals surface area contributed by atoms with Crippen LogP contribution < -0.4 is 0 Å². The van der Waals surface area contributed by atoms with E-state index in [-0.39, 0.29) is 12.3 Å². The molecule has 21 heavy (non-hydrogen) atoms. The summed E-state index contributed by atoms with van der Waals surface area (Å²) < 4.78 is 38.5. The van der Waals surface area contributed by atoms with Gasteiger partial charge in [0.25, 0.3) is 0 Å². The van der Waals surface area contributed by atoms with E-state index in [9.17, 15) is 13.2 Å². The number of hydrogen-bond acceptors (Lipinski definition) is 2. The summed E-state index contributed by atoms with van der Waals surface area (Å²) >= 11 is 5.10. The van der Waals surface area contributed by atoms with Gasteiger partial charge in [-0.15, -0.1) is 0 Å². The van der Waals surface area contributed by atoms with E-state index in [0.717, 1.165) is 17.8 Å². The summed E-state index contributed by atoms with van der Waals surface area (Å²) in [4.78, 5) is 7.31. The summed E-state index contributed by atoms with van der Waals surface area (Å²) in [6.45, 7) is 4.02. The molecule has 0 atom stereocenters. The third-order valence-electron chi connectivity index (χ3n) is 3.06. The van der Waals surface area contributed by atoms with E-state index in [0.29, 0.717) is 16.0 Å². The number of nitrogens with one attached hydrogen (secondary N) is 1. The van der Waals surface area contributed by atoms with Crippen molar-refractivity contribution in [1.82, 2.24) is 9.97 Å². The largest absolute Gasteiger partial charge is 0.416 e. The summed E-state index contributed by atoms with van der Waals surface area (Å²) in [5, 5.41) is 0. The van der Waals surface area contributed by atoms with Crippen molar-refractivity contribution in [3.8, 4) is 0 Å². The fraction of sp³-hybridized carbons (Fsp3) is 0.333. The quantitative estimate of drug-likeness (QED) is 0.819. The lowest BCUT2D eigenvalue weighted by Crippen LogP contribution is -2.06. The zero-order valence-electron chi connectivity index (χ0n) is 11.7. The van der Waals surface area contributed by atoms with Crippen LogP contribution in [0.4, 0.5) is 13.2 Å². The first kappa shape index (κ1) is 15.7. The van der Waals surface area contributed by atoms with E-state index in [1.165, 1.54) is 6.07 Å². The molecule has 2 rings (SSSR count). The topological polar surface area (TPSA) is 28.7 Å². The van der Waals surface area contributed by atoms with Crippen LogP contribution in [0.15, 0.2) is 30.3 Å². The Hall–Kier alpha value is -1.69. The van der Waals surface area contributed by atoms with Crippen molar-refractivity contribution >= 4 is 12.2 Å². The van der Waals surface area contributed by atoms with Crippen molar-refractivity contribution in [3.63, 3.8) is 0 Å². The van der Waals surface area contributed by atoms with Gasteiger partial charge in [-0.25, -0.2) is 4.98 Å². The van der Waals surface area contributed by atoms with Gasteiger partial charge in [-0.1, -0.05) is 44.3 Å². The lowest BCUT2D eigenvalue weighted by Gasteiger charge is -2.10. The Morgan fingerprint density at radius 1 is 1.24 bits per heavy atom. The van der Waals surface area contributed by atoms with Crippen molar-refractivity contribution in [2.75, 3.05) is 0 Å². The molecule has 0 bridgehead atoms. The molecule has 112 valence electrons. The van der Waals surface area contributed by atoms with Gasteiger partial charge in [0.1, 0.15) is 10.5 Å². The minimum Gasteiger partial charge on any atom is -0.347 e. The molecule has 0 fully saturated rings. The second-order valence-corrected chi connectivity index (χ2v) is 5.57. The fourth-order valence-corrected chi connectivity index (χ4v) is 2.21. The van der Waals surface area contributed by atoms with Crippen LogP contribution in [0.25, 0.3) is 0 Å². The van der Waals surface area contributed by atoms with Crippen LogP contribution in [0, 0.1) is 4.64 Å². The van der Waals surface area contributed by atoms with Crippen LogP contribution in [0.1, 0.15) is 42.4 Å². The second kappa shape index (κ2) is 5.97. The molecule has 2 aromatic rings. The van der Waals surface area contributed by atoms with Gasteiger partial charge in [0, 0.05) is 12.1 Å². The maximum absolute atomic E-state index is 12.7. The van der Waals surface area contributed by atoms with Crippen LogP contribution in [-0.2, 0) is 12.6 Å². The number of rotatable bonds is 3. The van der Waals surface area contributed by atoms with E-state index in [4.69, 9.17) is 12.2 Å². The van der Waals surface area contributed by atoms with Crippen LogP contribution >= 0.6 is 12.2 Å². The molecule has 2 nitrogen and oxygen atoms in total. The first-order chi connectivity index (χ1) is 9.75. The molecule has 1 aromatic heterocycles. The van der Waals surface area contributed by atoms with Crippen LogP contribution in [0.2, 0.25) is 0 Å².